The summed E-state index contributed by atoms with van der Waals surface area (Å²) < 4.78 is 5.59. The normalized spacial score (nSPS) is 19.0. The van der Waals surface area contributed by atoms with Gasteiger partial charge in [-0.25, -0.2) is 15.0 Å². The largest absolute Gasteiger partial charge is 0.496 e. The van der Waals surface area contributed by atoms with Crippen LogP contribution >= 0.6 is 23.4 Å². The first-order valence-corrected chi connectivity index (χ1v) is 12.0. The summed E-state index contributed by atoms with van der Waals surface area (Å²) >= 11 is 7.57. The predicted molar refractivity (Wildman–Crippen MR) is 132 cm³/mol. The van der Waals surface area contributed by atoms with Crippen molar-refractivity contribution in [1.82, 2.24) is 15.0 Å². The van der Waals surface area contributed by atoms with Gasteiger partial charge >= 0.3 is 0 Å². The van der Waals surface area contributed by atoms with Crippen molar-refractivity contribution in [1.29, 1.82) is 0 Å². The highest BCUT2D eigenvalue weighted by Crippen LogP contribution is 2.53. The molecular formula is C23H26ClN7OS. The van der Waals surface area contributed by atoms with Crippen LogP contribution in [0.3, 0.4) is 0 Å². The molecule has 1 spiro atoms. The Labute approximate surface area is 201 Å². The van der Waals surface area contributed by atoms with Gasteiger partial charge in [0.25, 0.3) is 0 Å². The van der Waals surface area contributed by atoms with Gasteiger partial charge in [0.2, 0.25) is 0 Å². The molecule has 8 nitrogen and oxygen atoms in total. The van der Waals surface area contributed by atoms with E-state index in [1.165, 1.54) is 22.9 Å². The van der Waals surface area contributed by atoms with Gasteiger partial charge in [-0.2, -0.15) is 0 Å². The number of halogens is 1. The van der Waals surface area contributed by atoms with Crippen LogP contribution in [0.2, 0.25) is 5.02 Å². The van der Waals surface area contributed by atoms with E-state index in [1.807, 2.05) is 12.1 Å². The number of rotatable bonds is 4. The Balaban J connectivity index is 1.30. The maximum Gasteiger partial charge on any atom is 0.158 e. The van der Waals surface area contributed by atoms with Crippen molar-refractivity contribution in [3.05, 3.63) is 52.8 Å². The van der Waals surface area contributed by atoms with Crippen LogP contribution in [0.25, 0.3) is 0 Å². The van der Waals surface area contributed by atoms with E-state index in [2.05, 4.69) is 25.9 Å². The minimum Gasteiger partial charge on any atom is -0.496 e. The quantitative estimate of drug-likeness (QED) is 0.508. The number of hydrogen-bond donors (Lipinski definition) is 3. The second-order valence-corrected chi connectivity index (χ2v) is 9.97. The van der Waals surface area contributed by atoms with E-state index in [9.17, 15) is 0 Å². The fraction of sp³-hybridized carbons (Fsp3) is 0.348. The molecule has 6 N–H and O–H groups in total. The fourth-order valence-electron chi connectivity index (χ4n) is 4.95. The third kappa shape index (κ3) is 3.84. The van der Waals surface area contributed by atoms with Crippen LogP contribution in [0.15, 0.2) is 46.6 Å². The molecule has 2 aromatic heterocycles. The number of pyridine rings is 1. The van der Waals surface area contributed by atoms with Gasteiger partial charge in [0.1, 0.15) is 22.4 Å². The van der Waals surface area contributed by atoms with Crippen LogP contribution < -0.4 is 26.8 Å². The second kappa shape index (κ2) is 8.55. The van der Waals surface area contributed by atoms with Crippen molar-refractivity contribution < 1.29 is 4.74 Å². The van der Waals surface area contributed by atoms with E-state index in [0.29, 0.717) is 15.9 Å². The van der Waals surface area contributed by atoms with Gasteiger partial charge in [-0.05, 0) is 47.9 Å². The molecule has 10 heteroatoms. The maximum absolute atomic E-state index is 6.75. The topological polar surface area (TPSA) is 129 Å². The molecule has 1 aliphatic carbocycles. The van der Waals surface area contributed by atoms with Crippen LogP contribution in [-0.2, 0) is 6.42 Å². The van der Waals surface area contributed by atoms with E-state index >= 15 is 0 Å². The lowest BCUT2D eigenvalue weighted by atomic mass is 9.73. The number of nitrogens with two attached hydrogens (primary N) is 3. The highest BCUT2D eigenvalue weighted by molar-refractivity contribution is 7.99. The number of ether oxygens (including phenoxy) is 1. The van der Waals surface area contributed by atoms with E-state index in [0.717, 1.165) is 48.8 Å². The fourth-order valence-corrected chi connectivity index (χ4v) is 5.97. The first-order chi connectivity index (χ1) is 15.9. The van der Waals surface area contributed by atoms with Crippen LogP contribution in [0.4, 0.5) is 17.5 Å². The average Bonchev–Trinajstić information content (AvgIpc) is 3.10. The summed E-state index contributed by atoms with van der Waals surface area (Å²) in [6.07, 6.45) is 6.25. The van der Waals surface area contributed by atoms with Crippen LogP contribution in [0.5, 0.6) is 5.75 Å². The minimum atomic E-state index is 0.0113. The van der Waals surface area contributed by atoms with Crippen LogP contribution in [0.1, 0.15) is 30.0 Å². The monoisotopic (exact) mass is 483 g/mol. The van der Waals surface area contributed by atoms with Crippen LogP contribution in [-0.4, -0.2) is 35.2 Å². The molecule has 0 bridgehead atoms. The second-order valence-electron chi connectivity index (χ2n) is 8.56. The van der Waals surface area contributed by atoms with Gasteiger partial charge in [0, 0.05) is 30.2 Å². The lowest BCUT2D eigenvalue weighted by Crippen LogP contribution is -2.44. The number of nitrogen functional groups attached to an aromatic ring is 2. The summed E-state index contributed by atoms with van der Waals surface area (Å²) in [6, 6.07) is 7.97. The number of anilines is 3. The molecule has 5 rings (SSSR count). The van der Waals surface area contributed by atoms with E-state index < -0.39 is 0 Å². The average molecular weight is 484 g/mol. The first-order valence-electron chi connectivity index (χ1n) is 10.8. The summed E-state index contributed by atoms with van der Waals surface area (Å²) in [4.78, 5) is 16.1. The van der Waals surface area contributed by atoms with Gasteiger partial charge < -0.3 is 26.8 Å². The highest BCUT2D eigenvalue weighted by Gasteiger charge is 2.47. The van der Waals surface area contributed by atoms with Gasteiger partial charge in [-0.15, -0.1) is 0 Å². The minimum absolute atomic E-state index is 0.0113. The van der Waals surface area contributed by atoms with E-state index in [-0.39, 0.29) is 17.3 Å². The number of nitrogens with zero attached hydrogens (tertiary/aromatic N) is 4. The molecule has 33 heavy (non-hydrogen) atoms. The third-order valence-corrected chi connectivity index (χ3v) is 8.41. The van der Waals surface area contributed by atoms with Gasteiger partial charge in [0.05, 0.1) is 18.3 Å². The molecule has 1 atom stereocenters. The standard InChI is InChI=1S/C23H26ClN7OS/c1-32-15-4-2-3-13-14(15)11-23(19(13)25)6-9-31(10-7-23)17-12-29-22(21(27)30-17)33-16-5-8-28-20(26)18(16)24/h2-5,8,12,19H,6-7,9-11,25H2,1H3,(H2,26,28)(H2,27,30). The highest BCUT2D eigenvalue weighted by atomic mass is 35.5. The Morgan fingerprint density at radius 1 is 1.15 bits per heavy atom. The number of benzene rings is 1. The Bertz CT molecular complexity index is 1200. The summed E-state index contributed by atoms with van der Waals surface area (Å²) in [6.45, 7) is 1.69. The number of piperidine rings is 1. The molecule has 3 aromatic rings. The van der Waals surface area contributed by atoms with Crippen molar-refractivity contribution in [2.24, 2.45) is 11.1 Å². The van der Waals surface area contributed by atoms with E-state index in [1.54, 1.807) is 25.6 Å². The molecule has 0 amide bonds. The predicted octanol–water partition coefficient (Wildman–Crippen LogP) is 3.69. The van der Waals surface area contributed by atoms with Crippen LogP contribution in [0, 0.1) is 5.41 Å². The molecule has 2 aliphatic rings. The zero-order chi connectivity index (χ0) is 23.2. The molecule has 1 fully saturated rings. The maximum atomic E-state index is 6.75. The summed E-state index contributed by atoms with van der Waals surface area (Å²) in [5.74, 6) is 2.34. The van der Waals surface area contributed by atoms with Gasteiger partial charge in [-0.1, -0.05) is 35.5 Å². The Morgan fingerprint density at radius 2 is 1.94 bits per heavy atom. The molecule has 3 heterocycles. The van der Waals surface area contributed by atoms with Gasteiger partial charge in [0.15, 0.2) is 5.82 Å². The number of methoxy groups -OCH3 is 1. The molecule has 1 aromatic carbocycles. The smallest absolute Gasteiger partial charge is 0.158 e. The van der Waals surface area contributed by atoms with Crippen molar-refractivity contribution in [2.75, 3.05) is 36.6 Å². The molecular weight excluding hydrogens is 458 g/mol. The molecule has 0 saturated carbocycles. The molecule has 172 valence electrons. The first kappa shape index (κ1) is 22.1. The van der Waals surface area contributed by atoms with Gasteiger partial charge in [-0.3, -0.25) is 0 Å². The van der Waals surface area contributed by atoms with E-state index in [4.69, 9.17) is 33.5 Å². The number of hydrogen-bond acceptors (Lipinski definition) is 9. The third-order valence-electron chi connectivity index (χ3n) is 6.83. The van der Waals surface area contributed by atoms with Crippen molar-refractivity contribution >= 4 is 40.8 Å². The van der Waals surface area contributed by atoms with Crippen molar-refractivity contribution in [2.45, 2.75) is 35.2 Å². The Morgan fingerprint density at radius 3 is 2.67 bits per heavy atom. The molecule has 1 aliphatic heterocycles. The molecule has 1 saturated heterocycles. The Hall–Kier alpha value is -2.75. The zero-order valence-corrected chi connectivity index (χ0v) is 19.9. The number of aromatic nitrogens is 3. The summed E-state index contributed by atoms with van der Waals surface area (Å²) in [7, 11) is 1.72. The molecule has 1 unspecified atom stereocenters. The SMILES string of the molecule is COc1cccc2c1CC1(CCN(c3cnc(Sc4ccnc(N)c4Cl)c(N)n3)CC1)C2N. The molecule has 0 radical (unpaired) electrons. The Kier molecular flexibility index (Phi) is 5.72. The van der Waals surface area contributed by atoms with Crippen molar-refractivity contribution in [3.63, 3.8) is 0 Å². The summed E-state index contributed by atoms with van der Waals surface area (Å²) in [5, 5.41) is 0.972. The summed E-state index contributed by atoms with van der Waals surface area (Å²) in [5.41, 5.74) is 21.3. The van der Waals surface area contributed by atoms with Crippen molar-refractivity contribution in [3.8, 4) is 5.75 Å². The lowest BCUT2D eigenvalue weighted by molar-refractivity contribution is 0.186. The number of fused-ring (bicyclic) bond motifs is 1. The zero-order valence-electron chi connectivity index (χ0n) is 18.3. The lowest BCUT2D eigenvalue weighted by Gasteiger charge is -2.42.